The first-order valence-corrected chi connectivity index (χ1v) is 20.7. The Kier molecular flexibility index (Phi) is 10.1. The van der Waals surface area contributed by atoms with E-state index in [1.54, 1.807) is 47.6 Å². The van der Waals surface area contributed by atoms with Gasteiger partial charge in [0.1, 0.15) is 40.4 Å². The fraction of sp³-hybridized carbons (Fsp3) is 0.452. The molecule has 57 heavy (non-hydrogen) atoms. The number of furan rings is 1. The number of para-hydroxylation sites is 1. The van der Waals surface area contributed by atoms with E-state index in [1.165, 1.54) is 11.0 Å². The lowest BCUT2D eigenvalue weighted by molar-refractivity contribution is -0.143. The molecule has 3 heterocycles. The topological polar surface area (TPSA) is 186 Å². The van der Waals surface area contributed by atoms with Crippen LogP contribution < -0.4 is 20.1 Å². The summed E-state index contributed by atoms with van der Waals surface area (Å²) in [7, 11) is -3.92. The minimum Gasteiger partial charge on any atom is -0.484 e. The number of nitrogens with zero attached hydrogens (tertiary/aromatic N) is 2. The summed E-state index contributed by atoms with van der Waals surface area (Å²) >= 11 is 0. The standard InChI is InChI=1S/C42H49N5O9S/c1-8-25-22-42(25,38(50)46-57(52,53)27-18-19-27)45-36(48)30-20-26(23-47(30)37(49)35(40(2,3)4)44-39(51)56-41(5,6)7)54-32-21-29(24-14-10-9-11-15-24)43-33-28-16-12-13-17-31(28)55-34(32)33/h8-17,21,25-27,30,35H,1,18-20,22-23H2,2-7H3,(H,44,51)(H,45,48)(H,46,50)/t25-,26-,30+,35-,42-/m1/s1. The quantitative estimate of drug-likeness (QED) is 0.161. The number of fused-ring (bicyclic) bond motifs is 3. The predicted octanol–water partition coefficient (Wildman–Crippen LogP) is 5.61. The van der Waals surface area contributed by atoms with Gasteiger partial charge in [0.15, 0.2) is 11.3 Å². The number of rotatable bonds is 11. The highest BCUT2D eigenvalue weighted by molar-refractivity contribution is 7.91. The Morgan fingerprint density at radius 1 is 1.02 bits per heavy atom. The monoisotopic (exact) mass is 799 g/mol. The van der Waals surface area contributed by atoms with Crippen LogP contribution in [0.2, 0.25) is 0 Å². The zero-order chi connectivity index (χ0) is 41.1. The van der Waals surface area contributed by atoms with E-state index in [0.29, 0.717) is 41.0 Å². The van der Waals surface area contributed by atoms with Crippen molar-refractivity contribution >= 4 is 55.9 Å². The fourth-order valence-corrected chi connectivity index (χ4v) is 8.67. The van der Waals surface area contributed by atoms with Gasteiger partial charge >= 0.3 is 6.09 Å². The molecule has 4 amide bonds. The molecule has 3 N–H and O–H groups in total. The SMILES string of the molecule is C=C[C@@H]1C[C@]1(NC(=O)[C@@H]1C[C@@H](Oc2cc(-c3ccccc3)nc3c2oc2ccccc23)CN1C(=O)[C@@H](NC(=O)OC(C)(C)C)C(C)(C)C)C(=O)NS(=O)(=O)C1CC1. The zero-order valence-corrected chi connectivity index (χ0v) is 33.8. The molecule has 4 aromatic rings. The molecule has 2 saturated carbocycles. The number of nitrogens with one attached hydrogen (secondary N) is 3. The van der Waals surface area contributed by atoms with Gasteiger partial charge in [0, 0.05) is 29.4 Å². The number of ether oxygens (including phenoxy) is 2. The van der Waals surface area contributed by atoms with Crippen molar-refractivity contribution in [3.63, 3.8) is 0 Å². The van der Waals surface area contributed by atoms with Crippen molar-refractivity contribution in [2.75, 3.05) is 6.54 Å². The molecule has 3 fully saturated rings. The molecule has 0 bridgehead atoms. The van der Waals surface area contributed by atoms with Crippen molar-refractivity contribution < 1.29 is 41.5 Å². The molecule has 0 spiro atoms. The van der Waals surface area contributed by atoms with E-state index in [-0.39, 0.29) is 19.4 Å². The molecule has 0 radical (unpaired) electrons. The van der Waals surface area contributed by atoms with Gasteiger partial charge in [-0.25, -0.2) is 18.2 Å². The summed E-state index contributed by atoms with van der Waals surface area (Å²) in [5, 5.41) is 5.66. The second-order valence-electron chi connectivity index (χ2n) is 17.3. The van der Waals surface area contributed by atoms with E-state index in [0.717, 1.165) is 10.9 Å². The summed E-state index contributed by atoms with van der Waals surface area (Å²) in [5.74, 6) is -2.30. The molecule has 7 rings (SSSR count). The number of pyridine rings is 1. The Morgan fingerprint density at radius 2 is 1.70 bits per heavy atom. The Bertz CT molecular complexity index is 2360. The molecule has 5 atom stereocenters. The molecule has 302 valence electrons. The fourth-order valence-electron chi connectivity index (χ4n) is 7.31. The van der Waals surface area contributed by atoms with E-state index < -0.39 is 79.7 Å². The number of amides is 4. The van der Waals surface area contributed by atoms with Crippen molar-refractivity contribution in [1.82, 2.24) is 25.2 Å². The number of sulfonamides is 1. The van der Waals surface area contributed by atoms with Gasteiger partial charge < -0.3 is 29.4 Å². The molecular formula is C42H49N5O9S. The summed E-state index contributed by atoms with van der Waals surface area (Å²) in [4.78, 5) is 62.1. The van der Waals surface area contributed by atoms with Crippen LogP contribution in [0.15, 0.2) is 77.7 Å². The van der Waals surface area contributed by atoms with Gasteiger partial charge in [-0.3, -0.25) is 19.1 Å². The Labute approximate surface area is 331 Å². The predicted molar refractivity (Wildman–Crippen MR) is 213 cm³/mol. The van der Waals surface area contributed by atoms with Gasteiger partial charge in [0.2, 0.25) is 21.8 Å². The first kappa shape index (κ1) is 39.8. The Morgan fingerprint density at radius 3 is 2.33 bits per heavy atom. The summed E-state index contributed by atoms with van der Waals surface area (Å²) in [6, 6.07) is 16.5. The van der Waals surface area contributed by atoms with Crippen LogP contribution in [0.5, 0.6) is 5.75 Å². The van der Waals surface area contributed by atoms with Crippen LogP contribution in [0.1, 0.15) is 67.2 Å². The van der Waals surface area contributed by atoms with E-state index in [9.17, 15) is 27.6 Å². The molecule has 2 aliphatic carbocycles. The lowest BCUT2D eigenvalue weighted by atomic mass is 9.85. The highest BCUT2D eigenvalue weighted by atomic mass is 32.2. The zero-order valence-electron chi connectivity index (χ0n) is 33.0. The van der Waals surface area contributed by atoms with Crippen molar-refractivity contribution in [2.45, 2.75) is 102 Å². The number of benzene rings is 2. The van der Waals surface area contributed by atoms with Crippen LogP contribution in [-0.4, -0.2) is 83.2 Å². The minimum absolute atomic E-state index is 0.0115. The van der Waals surface area contributed by atoms with E-state index in [1.807, 2.05) is 54.6 Å². The summed E-state index contributed by atoms with van der Waals surface area (Å²) in [5.41, 5.74) is -0.235. The molecule has 3 aliphatic rings. The first-order chi connectivity index (χ1) is 26.8. The Balaban J connectivity index is 1.24. The maximum absolute atomic E-state index is 14.7. The number of carbonyl (C=O) groups is 4. The number of likely N-dealkylation sites (tertiary alicyclic amines) is 1. The third-order valence-electron chi connectivity index (χ3n) is 10.5. The smallest absolute Gasteiger partial charge is 0.408 e. The third kappa shape index (κ3) is 8.20. The van der Waals surface area contributed by atoms with Crippen molar-refractivity contribution in [3.8, 4) is 17.0 Å². The van der Waals surface area contributed by atoms with Crippen molar-refractivity contribution in [2.24, 2.45) is 11.3 Å². The molecule has 2 aromatic heterocycles. The molecule has 1 saturated heterocycles. The highest BCUT2D eigenvalue weighted by Crippen LogP contribution is 2.46. The van der Waals surface area contributed by atoms with Gasteiger partial charge in [-0.15, -0.1) is 6.58 Å². The summed E-state index contributed by atoms with van der Waals surface area (Å²) < 4.78 is 46.2. The minimum atomic E-state index is -3.92. The van der Waals surface area contributed by atoms with Crippen LogP contribution in [-0.2, 0) is 29.1 Å². The lowest BCUT2D eigenvalue weighted by Crippen LogP contribution is -2.60. The normalized spacial score (nSPS) is 22.8. The summed E-state index contributed by atoms with van der Waals surface area (Å²) in [6.07, 6.45) is 0.934. The van der Waals surface area contributed by atoms with E-state index in [4.69, 9.17) is 18.9 Å². The maximum Gasteiger partial charge on any atom is 0.408 e. The van der Waals surface area contributed by atoms with Gasteiger partial charge in [-0.1, -0.05) is 69.3 Å². The van der Waals surface area contributed by atoms with Gasteiger partial charge in [-0.05, 0) is 57.6 Å². The van der Waals surface area contributed by atoms with Crippen LogP contribution in [0, 0.1) is 11.3 Å². The lowest BCUT2D eigenvalue weighted by Gasteiger charge is -2.36. The van der Waals surface area contributed by atoms with Crippen LogP contribution in [0.4, 0.5) is 4.79 Å². The first-order valence-electron chi connectivity index (χ1n) is 19.1. The van der Waals surface area contributed by atoms with Crippen LogP contribution >= 0.6 is 0 Å². The van der Waals surface area contributed by atoms with Crippen molar-refractivity contribution in [1.29, 1.82) is 0 Å². The number of aromatic nitrogens is 1. The van der Waals surface area contributed by atoms with Gasteiger partial charge in [0.05, 0.1) is 17.5 Å². The third-order valence-corrected chi connectivity index (χ3v) is 12.3. The molecular weight excluding hydrogens is 751 g/mol. The second kappa shape index (κ2) is 14.5. The molecule has 1 aliphatic heterocycles. The van der Waals surface area contributed by atoms with Crippen LogP contribution in [0.3, 0.4) is 0 Å². The van der Waals surface area contributed by atoms with E-state index >= 15 is 0 Å². The number of alkyl carbamates (subject to hydrolysis) is 1. The van der Waals surface area contributed by atoms with Gasteiger partial charge in [0.25, 0.3) is 5.91 Å². The highest BCUT2D eigenvalue weighted by Gasteiger charge is 2.62. The number of hydrogen-bond acceptors (Lipinski definition) is 10. The van der Waals surface area contributed by atoms with Crippen LogP contribution in [0.25, 0.3) is 33.3 Å². The molecule has 0 unspecified atom stereocenters. The Hall–Kier alpha value is -5.44. The van der Waals surface area contributed by atoms with Gasteiger partial charge in [-0.2, -0.15) is 0 Å². The second-order valence-corrected chi connectivity index (χ2v) is 19.2. The summed E-state index contributed by atoms with van der Waals surface area (Å²) in [6.45, 7) is 14.2. The molecule has 14 nitrogen and oxygen atoms in total. The van der Waals surface area contributed by atoms with E-state index in [2.05, 4.69) is 21.9 Å². The molecule has 15 heteroatoms. The molecule has 2 aromatic carbocycles. The van der Waals surface area contributed by atoms with Crippen molar-refractivity contribution in [3.05, 3.63) is 73.3 Å². The largest absolute Gasteiger partial charge is 0.484 e. The number of hydrogen-bond donors (Lipinski definition) is 3. The maximum atomic E-state index is 14.7. The number of carbonyl (C=O) groups excluding carboxylic acids is 4. The average Bonchev–Trinajstić information content (AvgIpc) is 4.04. The average molecular weight is 800 g/mol.